The zero-order chi connectivity index (χ0) is 16.8. The molecule has 2 aromatic carbocycles. The minimum Gasteiger partial charge on any atom is -0.350 e. The van der Waals surface area contributed by atoms with E-state index in [4.69, 9.17) is 11.6 Å². The molecule has 0 aliphatic heterocycles. The zero-order valence-electron chi connectivity index (χ0n) is 12.6. The van der Waals surface area contributed by atoms with E-state index < -0.39 is 0 Å². The quantitative estimate of drug-likeness (QED) is 0.913. The first kappa shape index (κ1) is 17.0. The Bertz CT molecular complexity index is 704. The number of carbonyl (C=O) groups excluding carboxylic acids is 2. The lowest BCUT2D eigenvalue weighted by molar-refractivity contribution is -0.123. The third-order valence-electron chi connectivity index (χ3n) is 3.23. The van der Waals surface area contributed by atoms with Gasteiger partial charge in [-0.1, -0.05) is 35.9 Å². The Morgan fingerprint density at radius 3 is 2.39 bits per heavy atom. The highest BCUT2D eigenvalue weighted by Crippen LogP contribution is 2.25. The fourth-order valence-electron chi connectivity index (χ4n) is 2.04. The minimum atomic E-state index is -0.332. The largest absolute Gasteiger partial charge is 0.350 e. The van der Waals surface area contributed by atoms with Crippen molar-refractivity contribution in [2.24, 2.45) is 0 Å². The molecule has 6 heteroatoms. The molecule has 1 N–H and O–H groups in total. The second-order valence-electron chi connectivity index (χ2n) is 4.96. The molecule has 4 nitrogen and oxygen atoms in total. The molecule has 120 valence electrons. The number of nitrogens with one attached hydrogen (secondary N) is 1. The van der Waals surface area contributed by atoms with Gasteiger partial charge in [-0.2, -0.15) is 0 Å². The molecule has 2 aromatic rings. The van der Waals surface area contributed by atoms with Gasteiger partial charge in [0.25, 0.3) is 0 Å². The number of benzene rings is 2. The predicted octanol–water partition coefficient (Wildman–Crippen LogP) is 3.15. The van der Waals surface area contributed by atoms with Crippen molar-refractivity contribution in [1.29, 1.82) is 0 Å². The highest BCUT2D eigenvalue weighted by atomic mass is 35.5. The Morgan fingerprint density at radius 2 is 1.78 bits per heavy atom. The van der Waals surface area contributed by atoms with Gasteiger partial charge in [-0.3, -0.25) is 9.59 Å². The first-order chi connectivity index (χ1) is 11.0. The van der Waals surface area contributed by atoms with Crippen LogP contribution in [0.25, 0.3) is 0 Å². The molecule has 2 rings (SSSR count). The van der Waals surface area contributed by atoms with Crippen LogP contribution in [0.4, 0.5) is 10.1 Å². The number of carbonyl (C=O) groups is 2. The molecule has 0 fully saturated rings. The van der Waals surface area contributed by atoms with Crippen molar-refractivity contribution < 1.29 is 14.0 Å². The average Bonchev–Trinajstić information content (AvgIpc) is 2.52. The molecule has 2 amide bonds. The smallest absolute Gasteiger partial charge is 0.240 e. The van der Waals surface area contributed by atoms with Crippen LogP contribution in [0, 0.1) is 5.82 Å². The van der Waals surface area contributed by atoms with Crippen molar-refractivity contribution in [3.63, 3.8) is 0 Å². The third-order valence-corrected chi connectivity index (χ3v) is 3.55. The summed E-state index contributed by atoms with van der Waals surface area (Å²) in [5.41, 5.74) is 1.26. The number of halogens is 2. The predicted molar refractivity (Wildman–Crippen MR) is 87.7 cm³/mol. The summed E-state index contributed by atoms with van der Waals surface area (Å²) in [6.07, 6.45) is 0. The summed E-state index contributed by atoms with van der Waals surface area (Å²) in [5.74, 6) is -0.943. The Morgan fingerprint density at radius 1 is 1.13 bits per heavy atom. The molecule has 0 unspecified atom stereocenters. The SMILES string of the molecule is CC(=O)N(CC(=O)NCc1ccc(F)cc1)c1ccccc1Cl. The summed E-state index contributed by atoms with van der Waals surface area (Å²) < 4.78 is 12.8. The van der Waals surface area contributed by atoms with Gasteiger partial charge in [0, 0.05) is 13.5 Å². The lowest BCUT2D eigenvalue weighted by Crippen LogP contribution is -2.39. The number of nitrogens with zero attached hydrogens (tertiary/aromatic N) is 1. The molecule has 0 saturated carbocycles. The molecule has 0 saturated heterocycles. The average molecular weight is 335 g/mol. The van der Waals surface area contributed by atoms with E-state index in [-0.39, 0.29) is 30.7 Å². The lowest BCUT2D eigenvalue weighted by Gasteiger charge is -2.21. The standard InChI is InChI=1S/C17H16ClFN2O2/c1-12(22)21(16-5-3-2-4-15(16)18)11-17(23)20-10-13-6-8-14(19)9-7-13/h2-9H,10-11H2,1H3,(H,20,23). The minimum absolute atomic E-state index is 0.139. The van der Waals surface area contributed by atoms with E-state index in [1.807, 2.05) is 0 Å². The highest BCUT2D eigenvalue weighted by Gasteiger charge is 2.17. The molecule has 0 aliphatic rings. The van der Waals surface area contributed by atoms with Crippen LogP contribution < -0.4 is 10.2 Å². The second-order valence-corrected chi connectivity index (χ2v) is 5.37. The zero-order valence-corrected chi connectivity index (χ0v) is 13.3. The van der Waals surface area contributed by atoms with Crippen molar-refractivity contribution in [2.45, 2.75) is 13.5 Å². The van der Waals surface area contributed by atoms with Crippen LogP contribution in [0.5, 0.6) is 0 Å². The van der Waals surface area contributed by atoms with E-state index in [9.17, 15) is 14.0 Å². The van der Waals surface area contributed by atoms with Crippen LogP contribution in [0.1, 0.15) is 12.5 Å². The molecule has 0 heterocycles. The molecule has 0 atom stereocenters. The topological polar surface area (TPSA) is 49.4 Å². The maximum Gasteiger partial charge on any atom is 0.240 e. The van der Waals surface area contributed by atoms with Crippen LogP contribution in [-0.4, -0.2) is 18.4 Å². The van der Waals surface area contributed by atoms with Gasteiger partial charge in [-0.05, 0) is 29.8 Å². The first-order valence-corrected chi connectivity index (χ1v) is 7.39. The molecule has 0 bridgehead atoms. The van der Waals surface area contributed by atoms with Gasteiger partial charge in [-0.25, -0.2) is 4.39 Å². The fraction of sp³-hybridized carbons (Fsp3) is 0.176. The molecule has 23 heavy (non-hydrogen) atoms. The Labute approximate surface area is 138 Å². The number of amides is 2. The normalized spacial score (nSPS) is 10.2. The van der Waals surface area contributed by atoms with Gasteiger partial charge < -0.3 is 10.2 Å². The number of anilines is 1. The van der Waals surface area contributed by atoms with E-state index in [1.165, 1.54) is 24.0 Å². The monoisotopic (exact) mass is 334 g/mol. The van der Waals surface area contributed by atoms with Gasteiger partial charge >= 0.3 is 0 Å². The lowest BCUT2D eigenvalue weighted by atomic mass is 10.2. The maximum absolute atomic E-state index is 12.8. The van der Waals surface area contributed by atoms with Crippen molar-refractivity contribution in [3.8, 4) is 0 Å². The summed E-state index contributed by atoms with van der Waals surface area (Å²) in [7, 11) is 0. The van der Waals surface area contributed by atoms with E-state index in [2.05, 4.69) is 5.32 Å². The Hall–Kier alpha value is -2.40. The van der Waals surface area contributed by atoms with E-state index in [0.29, 0.717) is 10.7 Å². The Kier molecular flexibility index (Phi) is 5.71. The van der Waals surface area contributed by atoms with Crippen LogP contribution in [0.15, 0.2) is 48.5 Å². The van der Waals surface area contributed by atoms with E-state index in [1.54, 1.807) is 36.4 Å². The van der Waals surface area contributed by atoms with Crippen LogP contribution in [0.2, 0.25) is 5.02 Å². The van der Waals surface area contributed by atoms with Gasteiger partial charge in [0.2, 0.25) is 11.8 Å². The van der Waals surface area contributed by atoms with Gasteiger partial charge in [0.05, 0.1) is 10.7 Å². The number of rotatable bonds is 5. The van der Waals surface area contributed by atoms with Crippen molar-refractivity contribution in [1.82, 2.24) is 5.32 Å². The summed E-state index contributed by atoms with van der Waals surface area (Å²) in [5, 5.41) is 3.09. The number of para-hydroxylation sites is 1. The third kappa shape index (κ3) is 4.79. The van der Waals surface area contributed by atoms with Crippen LogP contribution in [0.3, 0.4) is 0 Å². The van der Waals surface area contributed by atoms with Gasteiger partial charge in [0.1, 0.15) is 12.4 Å². The van der Waals surface area contributed by atoms with Gasteiger partial charge in [0.15, 0.2) is 0 Å². The first-order valence-electron chi connectivity index (χ1n) is 7.01. The molecule has 0 radical (unpaired) electrons. The summed E-state index contributed by atoms with van der Waals surface area (Å²) in [4.78, 5) is 25.2. The van der Waals surface area contributed by atoms with Crippen molar-refractivity contribution in [2.75, 3.05) is 11.4 Å². The van der Waals surface area contributed by atoms with Gasteiger partial charge in [-0.15, -0.1) is 0 Å². The summed E-state index contributed by atoms with van der Waals surface area (Å²) in [6.45, 7) is 1.49. The van der Waals surface area contributed by atoms with E-state index >= 15 is 0 Å². The van der Waals surface area contributed by atoms with Crippen molar-refractivity contribution in [3.05, 3.63) is 64.9 Å². The molecule has 0 aromatic heterocycles. The Balaban J connectivity index is 2.00. The maximum atomic E-state index is 12.8. The number of hydrogen-bond acceptors (Lipinski definition) is 2. The van der Waals surface area contributed by atoms with Crippen LogP contribution >= 0.6 is 11.6 Å². The van der Waals surface area contributed by atoms with Crippen LogP contribution in [-0.2, 0) is 16.1 Å². The fourth-order valence-corrected chi connectivity index (χ4v) is 2.28. The number of hydrogen-bond donors (Lipinski definition) is 1. The molecule has 0 aliphatic carbocycles. The highest BCUT2D eigenvalue weighted by molar-refractivity contribution is 6.33. The summed E-state index contributed by atoms with van der Waals surface area (Å²) >= 11 is 6.07. The molecule has 0 spiro atoms. The summed E-state index contributed by atoms with van der Waals surface area (Å²) in [6, 6.07) is 12.7. The molecular weight excluding hydrogens is 319 g/mol. The van der Waals surface area contributed by atoms with Crippen molar-refractivity contribution >= 4 is 29.1 Å². The van der Waals surface area contributed by atoms with E-state index in [0.717, 1.165) is 5.56 Å². The second kappa shape index (κ2) is 7.74. The molecular formula is C17H16ClFN2O2.